The van der Waals surface area contributed by atoms with E-state index in [0.29, 0.717) is 5.46 Å². The van der Waals surface area contributed by atoms with E-state index in [2.05, 4.69) is 31.2 Å². The third kappa shape index (κ3) is 4.13. The smallest absolute Gasteiger partial charge is 0.423 e. The van der Waals surface area contributed by atoms with Crippen LogP contribution in [-0.2, 0) is 11.5 Å². The normalized spacial score (nSPS) is 10.5. The van der Waals surface area contributed by atoms with Crippen LogP contribution >= 0.6 is 11.8 Å². The van der Waals surface area contributed by atoms with Crippen LogP contribution in [0.3, 0.4) is 0 Å². The molecular formula is C15H17BO2S. The lowest BCUT2D eigenvalue weighted by Crippen LogP contribution is -2.29. The maximum Gasteiger partial charge on any atom is 0.488 e. The van der Waals surface area contributed by atoms with Crippen molar-refractivity contribution in [1.29, 1.82) is 0 Å². The molecular weight excluding hydrogens is 255 g/mol. The highest BCUT2D eigenvalue weighted by molar-refractivity contribution is 7.97. The largest absolute Gasteiger partial charge is 0.488 e. The molecule has 0 unspecified atom stereocenters. The molecule has 0 bridgehead atoms. The molecule has 0 atom stereocenters. The van der Waals surface area contributed by atoms with E-state index in [4.69, 9.17) is 10.0 Å². The predicted octanol–water partition coefficient (Wildman–Crippen LogP) is 2.11. The van der Waals surface area contributed by atoms with Crippen molar-refractivity contribution >= 4 is 24.3 Å². The third-order valence-corrected chi connectivity index (χ3v) is 4.12. The Morgan fingerprint density at radius 1 is 0.947 bits per heavy atom. The quantitative estimate of drug-likeness (QED) is 0.819. The van der Waals surface area contributed by atoms with Gasteiger partial charge in [0.15, 0.2) is 0 Å². The van der Waals surface area contributed by atoms with Crippen LogP contribution in [-0.4, -0.2) is 17.2 Å². The highest BCUT2D eigenvalue weighted by Gasteiger charge is 2.09. The molecule has 2 rings (SSSR count). The fourth-order valence-electron chi connectivity index (χ4n) is 1.84. The number of rotatable bonds is 5. The number of aryl methyl sites for hydroxylation is 1. The van der Waals surface area contributed by atoms with Crippen LogP contribution in [0.1, 0.15) is 16.7 Å². The van der Waals surface area contributed by atoms with Gasteiger partial charge < -0.3 is 10.0 Å². The molecule has 0 aliphatic carbocycles. The Balaban J connectivity index is 1.87. The zero-order valence-electron chi connectivity index (χ0n) is 10.9. The number of thioether (sulfide) groups is 1. The summed E-state index contributed by atoms with van der Waals surface area (Å²) in [6.45, 7) is 2.13. The van der Waals surface area contributed by atoms with Gasteiger partial charge in [-0.2, -0.15) is 11.8 Å². The number of benzene rings is 2. The Morgan fingerprint density at radius 2 is 1.63 bits per heavy atom. The van der Waals surface area contributed by atoms with Crippen LogP contribution < -0.4 is 5.46 Å². The summed E-state index contributed by atoms with van der Waals surface area (Å²) in [6.07, 6.45) is 0. The first-order valence-electron chi connectivity index (χ1n) is 6.24. The van der Waals surface area contributed by atoms with Gasteiger partial charge in [-0.25, -0.2) is 0 Å². The molecule has 4 heteroatoms. The van der Waals surface area contributed by atoms with Crippen LogP contribution in [0.2, 0.25) is 0 Å². The summed E-state index contributed by atoms with van der Waals surface area (Å²) in [6, 6.07) is 15.8. The molecule has 2 nitrogen and oxygen atoms in total. The van der Waals surface area contributed by atoms with Crippen LogP contribution in [0.4, 0.5) is 0 Å². The molecule has 98 valence electrons. The molecule has 0 radical (unpaired) electrons. The minimum Gasteiger partial charge on any atom is -0.423 e. The van der Waals surface area contributed by atoms with E-state index in [1.165, 1.54) is 16.7 Å². The first-order chi connectivity index (χ1) is 9.16. The summed E-state index contributed by atoms with van der Waals surface area (Å²) in [5, 5.41) is 18.0. The topological polar surface area (TPSA) is 40.5 Å². The van der Waals surface area contributed by atoms with Gasteiger partial charge in [0.05, 0.1) is 0 Å². The van der Waals surface area contributed by atoms with Crippen LogP contribution in [0.5, 0.6) is 0 Å². The molecule has 0 saturated heterocycles. The van der Waals surface area contributed by atoms with Crippen molar-refractivity contribution in [2.45, 2.75) is 18.4 Å². The first kappa shape index (κ1) is 14.2. The zero-order valence-corrected chi connectivity index (χ0v) is 11.7. The molecule has 2 aromatic carbocycles. The number of hydrogen-bond donors (Lipinski definition) is 2. The average Bonchev–Trinajstić information content (AvgIpc) is 2.41. The van der Waals surface area contributed by atoms with Crippen LogP contribution in [0, 0.1) is 6.92 Å². The summed E-state index contributed by atoms with van der Waals surface area (Å²) in [4.78, 5) is 0. The van der Waals surface area contributed by atoms with Crippen LogP contribution in [0.15, 0.2) is 48.5 Å². The Hall–Kier alpha value is -1.23. The molecule has 0 fully saturated rings. The third-order valence-electron chi connectivity index (χ3n) is 3.07. The number of hydrogen-bond acceptors (Lipinski definition) is 3. The standard InChI is InChI=1S/C15H17BO2S/c1-12-4-2-3-5-14(12)11-19-10-13-6-8-15(9-7-13)16(17)18/h2-9,17-18H,10-11H2,1H3. The second kappa shape index (κ2) is 6.80. The molecule has 2 aromatic rings. The second-order valence-corrected chi connectivity index (χ2v) is 5.52. The summed E-state index contributed by atoms with van der Waals surface area (Å²) >= 11 is 1.86. The van der Waals surface area contributed by atoms with Gasteiger partial charge in [0.25, 0.3) is 0 Å². The van der Waals surface area contributed by atoms with Crippen LogP contribution in [0.25, 0.3) is 0 Å². The maximum atomic E-state index is 9.02. The van der Waals surface area contributed by atoms with Gasteiger partial charge in [0.1, 0.15) is 0 Å². The van der Waals surface area contributed by atoms with E-state index in [9.17, 15) is 0 Å². The van der Waals surface area contributed by atoms with Gasteiger partial charge in [-0.05, 0) is 29.1 Å². The molecule has 0 aliphatic heterocycles. The Morgan fingerprint density at radius 3 is 2.26 bits per heavy atom. The summed E-state index contributed by atoms with van der Waals surface area (Å²) in [7, 11) is -1.38. The van der Waals surface area contributed by atoms with Crippen molar-refractivity contribution < 1.29 is 10.0 Å². The lowest BCUT2D eigenvalue weighted by molar-refractivity contribution is 0.426. The fourth-order valence-corrected chi connectivity index (χ4v) is 2.91. The molecule has 0 heterocycles. The molecule has 0 saturated carbocycles. The second-order valence-electron chi connectivity index (χ2n) is 4.53. The van der Waals surface area contributed by atoms with E-state index < -0.39 is 7.12 Å². The molecule has 2 N–H and O–H groups in total. The monoisotopic (exact) mass is 272 g/mol. The lowest BCUT2D eigenvalue weighted by Gasteiger charge is -2.06. The van der Waals surface area contributed by atoms with Gasteiger partial charge >= 0.3 is 7.12 Å². The summed E-state index contributed by atoms with van der Waals surface area (Å²) in [5.74, 6) is 1.92. The Labute approximate surface area is 118 Å². The fraction of sp³-hybridized carbons (Fsp3) is 0.200. The van der Waals surface area contributed by atoms with Crippen molar-refractivity contribution in [2.24, 2.45) is 0 Å². The Bertz CT molecular complexity index is 526. The van der Waals surface area contributed by atoms with E-state index in [1.54, 1.807) is 12.1 Å². The van der Waals surface area contributed by atoms with Crippen molar-refractivity contribution in [2.75, 3.05) is 0 Å². The van der Waals surface area contributed by atoms with Gasteiger partial charge in [-0.1, -0.05) is 48.5 Å². The average molecular weight is 272 g/mol. The molecule has 19 heavy (non-hydrogen) atoms. The van der Waals surface area contributed by atoms with Gasteiger partial charge in [0, 0.05) is 11.5 Å². The van der Waals surface area contributed by atoms with Crippen molar-refractivity contribution in [1.82, 2.24) is 0 Å². The molecule has 0 spiro atoms. The van der Waals surface area contributed by atoms with Crippen molar-refractivity contribution in [3.05, 3.63) is 65.2 Å². The van der Waals surface area contributed by atoms with Crippen molar-refractivity contribution in [3.8, 4) is 0 Å². The maximum absolute atomic E-state index is 9.02. The summed E-state index contributed by atoms with van der Waals surface area (Å²) < 4.78 is 0. The van der Waals surface area contributed by atoms with E-state index in [0.717, 1.165) is 11.5 Å². The van der Waals surface area contributed by atoms with Gasteiger partial charge in [-0.3, -0.25) is 0 Å². The van der Waals surface area contributed by atoms with Gasteiger partial charge in [-0.15, -0.1) is 0 Å². The molecule has 0 aliphatic rings. The highest BCUT2D eigenvalue weighted by Crippen LogP contribution is 2.19. The minimum atomic E-state index is -1.38. The molecule has 0 amide bonds. The SMILES string of the molecule is Cc1ccccc1CSCc1ccc(B(O)O)cc1. The van der Waals surface area contributed by atoms with E-state index >= 15 is 0 Å². The zero-order chi connectivity index (χ0) is 13.7. The highest BCUT2D eigenvalue weighted by atomic mass is 32.2. The summed E-state index contributed by atoms with van der Waals surface area (Å²) in [5.41, 5.74) is 4.43. The predicted molar refractivity (Wildman–Crippen MR) is 82.4 cm³/mol. The van der Waals surface area contributed by atoms with Gasteiger partial charge in [0.2, 0.25) is 0 Å². The molecule has 0 aromatic heterocycles. The first-order valence-corrected chi connectivity index (χ1v) is 7.39. The van der Waals surface area contributed by atoms with E-state index in [-0.39, 0.29) is 0 Å². The lowest BCUT2D eigenvalue weighted by atomic mass is 9.80. The van der Waals surface area contributed by atoms with Crippen molar-refractivity contribution in [3.63, 3.8) is 0 Å². The minimum absolute atomic E-state index is 0.535. The Kier molecular flexibility index (Phi) is 5.08. The van der Waals surface area contributed by atoms with E-state index in [1.807, 2.05) is 23.9 Å².